The van der Waals surface area contributed by atoms with Gasteiger partial charge in [0.05, 0.1) is 33.5 Å². The SMILES string of the molecule is c1ccc(-c2cc(-c3ccccc3)nc(-c3ccc(-c4ccc(-n5c6ccccc6c6ccccc65)cc4)cc3)n2)cc1.c1ccc(-c2nc(-c3ccccc3)nc(-c3ccc(-n4c5ccccc5c5cc(-c6cccc7c6sc6ccccc67)ccc54)cc3)n2)cc1. The average molecular weight is 1210 g/mol. The van der Waals surface area contributed by atoms with Gasteiger partial charge in [0.25, 0.3) is 0 Å². The van der Waals surface area contributed by atoms with Gasteiger partial charge in [0.15, 0.2) is 23.3 Å². The van der Waals surface area contributed by atoms with E-state index in [1.807, 2.05) is 108 Å². The summed E-state index contributed by atoms with van der Waals surface area (Å²) >= 11 is 1.87. The van der Waals surface area contributed by atoms with Crippen molar-refractivity contribution in [2.45, 2.75) is 0 Å². The van der Waals surface area contributed by atoms with Crippen LogP contribution >= 0.6 is 11.3 Å². The van der Waals surface area contributed by atoms with Crippen molar-refractivity contribution < 1.29 is 0 Å². The van der Waals surface area contributed by atoms with Gasteiger partial charge in [0, 0.05) is 86.5 Å². The van der Waals surface area contributed by atoms with Crippen molar-refractivity contribution in [1.82, 2.24) is 34.1 Å². The van der Waals surface area contributed by atoms with E-state index in [2.05, 4.69) is 246 Å². The van der Waals surface area contributed by atoms with Crippen molar-refractivity contribution in [3.8, 4) is 102 Å². The Morgan fingerprint density at radius 2 is 0.559 bits per heavy atom. The molecule has 93 heavy (non-hydrogen) atoms. The number of aromatic nitrogens is 7. The Kier molecular flexibility index (Phi) is 13.9. The third-order valence-electron chi connectivity index (χ3n) is 17.5. The summed E-state index contributed by atoms with van der Waals surface area (Å²) in [5.74, 6) is 2.67. The van der Waals surface area contributed by atoms with Crippen LogP contribution in [0.4, 0.5) is 0 Å². The van der Waals surface area contributed by atoms with Gasteiger partial charge in [-0.3, -0.25) is 0 Å². The lowest BCUT2D eigenvalue weighted by atomic mass is 10.0. The first kappa shape index (κ1) is 54.9. The van der Waals surface area contributed by atoms with Gasteiger partial charge < -0.3 is 9.13 Å². The quantitative estimate of drug-likeness (QED) is 0.136. The smallest absolute Gasteiger partial charge is 0.164 e. The lowest BCUT2D eigenvalue weighted by molar-refractivity contribution is 1.07. The number of hydrogen-bond acceptors (Lipinski definition) is 6. The maximum atomic E-state index is 4.98. The van der Waals surface area contributed by atoms with Crippen molar-refractivity contribution >= 4 is 75.1 Å². The highest BCUT2D eigenvalue weighted by Gasteiger charge is 2.19. The maximum absolute atomic E-state index is 4.98. The highest BCUT2D eigenvalue weighted by Crippen LogP contribution is 2.43. The Bertz CT molecular complexity index is 5600. The second-order valence-electron chi connectivity index (χ2n) is 23.1. The number of nitrogens with zero attached hydrogens (tertiary/aromatic N) is 7. The summed E-state index contributed by atoms with van der Waals surface area (Å²) < 4.78 is 7.35. The summed E-state index contributed by atoms with van der Waals surface area (Å²) in [4.78, 5) is 24.7. The zero-order valence-electron chi connectivity index (χ0n) is 50.3. The standard InChI is InChI=1S/C45H28N4S.C40H27N3/c1-3-12-29(13-4-1)43-46-44(30-14-5-2-6-15-30)48-45(47-43)31-22-25-33(26-23-31)49-39-20-9-7-16-35(39)38-28-32(24-27-40(38)49)34-18-11-19-37-36-17-8-10-21-41(36)50-42(34)37;1-3-11-30(12-4-1)36-27-37(31-13-5-2-6-14-31)42-40(41-36)32-21-19-28(20-22-32)29-23-25-33(26-24-29)43-38-17-9-7-15-34(38)35-16-8-10-18-39(35)43/h1-28H;1-27H. The molecule has 5 aromatic heterocycles. The van der Waals surface area contributed by atoms with Gasteiger partial charge >= 0.3 is 0 Å². The van der Waals surface area contributed by atoms with Gasteiger partial charge in [-0.2, -0.15) is 0 Å². The van der Waals surface area contributed by atoms with Crippen LogP contribution in [-0.4, -0.2) is 34.1 Å². The van der Waals surface area contributed by atoms with E-state index in [4.69, 9.17) is 24.9 Å². The topological polar surface area (TPSA) is 74.3 Å². The molecule has 0 spiro atoms. The molecule has 0 amide bonds. The van der Waals surface area contributed by atoms with Crippen molar-refractivity contribution in [2.24, 2.45) is 0 Å². The normalized spacial score (nSPS) is 11.4. The minimum Gasteiger partial charge on any atom is -0.309 e. The molecule has 0 saturated heterocycles. The van der Waals surface area contributed by atoms with Crippen molar-refractivity contribution in [1.29, 1.82) is 0 Å². The molecule has 0 atom stereocenters. The predicted octanol–water partition coefficient (Wildman–Crippen LogP) is 22.2. The third kappa shape index (κ3) is 10.3. The minimum absolute atomic E-state index is 0.645. The Balaban J connectivity index is 0.000000144. The lowest BCUT2D eigenvalue weighted by Crippen LogP contribution is -2.00. The van der Waals surface area contributed by atoms with Crippen molar-refractivity contribution in [3.05, 3.63) is 334 Å². The molecule has 0 bridgehead atoms. The van der Waals surface area contributed by atoms with Crippen LogP contribution in [0.15, 0.2) is 334 Å². The summed E-state index contributed by atoms with van der Waals surface area (Å²) in [6.45, 7) is 0. The summed E-state index contributed by atoms with van der Waals surface area (Å²) in [6.07, 6.45) is 0. The van der Waals surface area contributed by atoms with Gasteiger partial charge in [0.2, 0.25) is 0 Å². The van der Waals surface area contributed by atoms with Crippen LogP contribution in [0.25, 0.3) is 165 Å². The lowest BCUT2D eigenvalue weighted by Gasteiger charge is -2.11. The van der Waals surface area contributed by atoms with Crippen molar-refractivity contribution in [2.75, 3.05) is 0 Å². The number of para-hydroxylation sites is 3. The molecule has 18 rings (SSSR count). The first-order valence-corrected chi connectivity index (χ1v) is 32.0. The molecule has 0 aliphatic rings. The van der Waals surface area contributed by atoms with E-state index in [0.717, 1.165) is 61.7 Å². The van der Waals surface area contributed by atoms with Gasteiger partial charge in [-0.05, 0) is 101 Å². The minimum atomic E-state index is 0.645. The van der Waals surface area contributed by atoms with E-state index in [9.17, 15) is 0 Å². The molecule has 0 unspecified atom stereocenters. The fourth-order valence-electron chi connectivity index (χ4n) is 13.0. The molecule has 0 fully saturated rings. The van der Waals surface area contributed by atoms with Crippen LogP contribution in [0.3, 0.4) is 0 Å². The zero-order valence-corrected chi connectivity index (χ0v) is 51.1. The van der Waals surface area contributed by atoms with Gasteiger partial charge in [-0.25, -0.2) is 24.9 Å². The van der Waals surface area contributed by atoms with E-state index in [-0.39, 0.29) is 0 Å². The van der Waals surface area contributed by atoms with Crippen LogP contribution in [0, 0.1) is 0 Å². The summed E-state index contributed by atoms with van der Waals surface area (Å²) in [7, 11) is 0. The molecule has 8 heteroatoms. The Morgan fingerprint density at radius 1 is 0.215 bits per heavy atom. The number of thiophene rings is 1. The van der Waals surface area contributed by atoms with E-state index in [1.165, 1.54) is 80.5 Å². The monoisotopic (exact) mass is 1210 g/mol. The van der Waals surface area contributed by atoms with E-state index in [1.54, 1.807) is 0 Å². The van der Waals surface area contributed by atoms with Gasteiger partial charge in [-0.15, -0.1) is 11.3 Å². The van der Waals surface area contributed by atoms with Crippen LogP contribution < -0.4 is 0 Å². The Labute approximate surface area is 541 Å². The summed E-state index contributed by atoms with van der Waals surface area (Å²) in [5, 5.41) is 7.64. The Hall–Kier alpha value is -12.2. The molecule has 5 heterocycles. The van der Waals surface area contributed by atoms with Crippen LogP contribution in [0.2, 0.25) is 0 Å². The third-order valence-corrected chi connectivity index (χ3v) is 18.7. The molecular formula is C85H55N7S. The molecule has 0 radical (unpaired) electrons. The average Bonchev–Trinajstić information content (AvgIpc) is 1.66. The fourth-order valence-corrected chi connectivity index (χ4v) is 14.2. The van der Waals surface area contributed by atoms with Crippen LogP contribution in [-0.2, 0) is 0 Å². The molecule has 13 aromatic carbocycles. The van der Waals surface area contributed by atoms with E-state index < -0.39 is 0 Å². The van der Waals surface area contributed by atoms with Gasteiger partial charge in [0.1, 0.15) is 0 Å². The van der Waals surface area contributed by atoms with Crippen LogP contribution in [0.5, 0.6) is 0 Å². The second kappa shape index (κ2) is 23.6. The molecule has 18 aromatic rings. The first-order valence-electron chi connectivity index (χ1n) is 31.2. The molecule has 0 saturated carbocycles. The molecule has 0 aliphatic heterocycles. The van der Waals surface area contributed by atoms with E-state index in [0.29, 0.717) is 23.3 Å². The van der Waals surface area contributed by atoms with Gasteiger partial charge in [-0.1, -0.05) is 255 Å². The first-order chi connectivity index (χ1) is 46.1. The fraction of sp³-hybridized carbons (Fsp3) is 0. The number of fused-ring (bicyclic) bond motifs is 9. The number of benzene rings is 13. The molecule has 0 N–H and O–H groups in total. The summed E-state index contributed by atoms with van der Waals surface area (Å²) in [6, 6.07) is 117. The highest BCUT2D eigenvalue weighted by atomic mass is 32.1. The number of hydrogen-bond donors (Lipinski definition) is 0. The molecule has 7 nitrogen and oxygen atoms in total. The highest BCUT2D eigenvalue weighted by molar-refractivity contribution is 7.26. The summed E-state index contributed by atoms with van der Waals surface area (Å²) in [5.41, 5.74) is 19.6. The largest absolute Gasteiger partial charge is 0.309 e. The predicted molar refractivity (Wildman–Crippen MR) is 387 cm³/mol. The zero-order chi connectivity index (χ0) is 61.6. The van der Waals surface area contributed by atoms with Crippen molar-refractivity contribution in [3.63, 3.8) is 0 Å². The molecular weight excluding hydrogens is 1150 g/mol. The molecule has 0 aliphatic carbocycles. The van der Waals surface area contributed by atoms with E-state index >= 15 is 0 Å². The van der Waals surface area contributed by atoms with Crippen LogP contribution in [0.1, 0.15) is 0 Å². The Morgan fingerprint density at radius 3 is 1.05 bits per heavy atom. The maximum Gasteiger partial charge on any atom is 0.164 e. The second-order valence-corrected chi connectivity index (χ2v) is 24.2. The molecule has 436 valence electrons. The number of rotatable bonds is 10.